The number of fused-ring (bicyclic) bond motifs is 2. The molecule has 2 heterocycles. The van der Waals surface area contributed by atoms with Crippen LogP contribution in [0.2, 0.25) is 0 Å². The molecule has 15 heavy (non-hydrogen) atoms. The monoisotopic (exact) mass is 199 g/mol. The van der Waals surface area contributed by atoms with Crippen LogP contribution in [0, 0.1) is 5.41 Å². The van der Waals surface area contributed by atoms with Crippen molar-refractivity contribution in [1.29, 1.82) is 0 Å². The maximum absolute atomic E-state index is 3.22. The Kier molecular flexibility index (Phi) is 1.30. The molecule has 0 bridgehead atoms. The maximum atomic E-state index is 3.22. The van der Waals surface area contributed by atoms with Gasteiger partial charge in [0.25, 0.3) is 0 Å². The summed E-state index contributed by atoms with van der Waals surface area (Å²) in [5.41, 5.74) is 6.86. The van der Waals surface area contributed by atoms with Crippen molar-refractivity contribution in [3.63, 3.8) is 0 Å². The number of aromatic amines is 1. The highest BCUT2D eigenvalue weighted by Crippen LogP contribution is 2.52. The molecule has 1 aromatic heterocycles. The van der Waals surface area contributed by atoms with Crippen molar-refractivity contribution in [3.05, 3.63) is 47.1 Å². The summed E-state index contributed by atoms with van der Waals surface area (Å²) >= 11 is 0. The zero-order valence-electron chi connectivity index (χ0n) is 8.72. The number of nitrogens with two attached hydrogens (primary N) is 1. The lowest BCUT2D eigenvalue weighted by Gasteiger charge is -2.21. The van der Waals surface area contributed by atoms with Gasteiger partial charge in [-0.25, -0.2) is 0 Å². The van der Waals surface area contributed by atoms with Crippen molar-refractivity contribution in [2.45, 2.75) is 25.7 Å². The normalized spacial score (nSPS) is 25.3. The lowest BCUT2D eigenvalue weighted by molar-refractivity contribution is -0.511. The van der Waals surface area contributed by atoms with Gasteiger partial charge >= 0.3 is 0 Å². The molecule has 0 amide bonds. The van der Waals surface area contributed by atoms with Gasteiger partial charge in [-0.1, -0.05) is 0 Å². The minimum Gasteiger partial charge on any atom is -0.367 e. The van der Waals surface area contributed by atoms with Crippen molar-refractivity contribution in [3.8, 4) is 0 Å². The third-order valence-electron chi connectivity index (χ3n) is 4.20. The van der Waals surface area contributed by atoms with Gasteiger partial charge < -0.3 is 4.98 Å². The number of aromatic nitrogens is 1. The molecule has 0 unspecified atom stereocenters. The fraction of sp³-hybridized carbons (Fsp3) is 0.385. The highest BCUT2D eigenvalue weighted by molar-refractivity contribution is 5.43. The van der Waals surface area contributed by atoms with Crippen LogP contribution < -0.4 is 5.32 Å². The predicted octanol–water partition coefficient (Wildman–Crippen LogP) is 1.24. The first kappa shape index (κ1) is 7.94. The number of H-pyrrole nitrogens is 1. The number of rotatable bonds is 0. The molecule has 3 aliphatic rings. The van der Waals surface area contributed by atoms with Crippen LogP contribution in [0.5, 0.6) is 0 Å². The Bertz CT molecular complexity index is 448. The lowest BCUT2D eigenvalue weighted by atomic mass is 9.82. The molecule has 4 rings (SSSR count). The van der Waals surface area contributed by atoms with Crippen LogP contribution in [0.1, 0.15) is 24.0 Å². The summed E-state index contributed by atoms with van der Waals surface area (Å²) in [7, 11) is 0. The van der Waals surface area contributed by atoms with Crippen LogP contribution in [-0.2, 0) is 12.8 Å². The fourth-order valence-corrected chi connectivity index (χ4v) is 3.59. The second kappa shape index (κ2) is 2.45. The van der Waals surface area contributed by atoms with Crippen molar-refractivity contribution in [2.75, 3.05) is 0 Å². The minimum atomic E-state index is 0.547. The van der Waals surface area contributed by atoms with Gasteiger partial charge in [0.05, 0.1) is 0 Å². The lowest BCUT2D eigenvalue weighted by Crippen LogP contribution is -2.69. The molecule has 3 N–H and O–H groups in total. The number of quaternary nitrogens is 1. The smallest absolute Gasteiger partial charge is 0.101 e. The topological polar surface area (TPSA) is 32.4 Å². The zero-order valence-corrected chi connectivity index (χ0v) is 8.72. The molecule has 2 aliphatic carbocycles. The molecular formula is C13H15N2+. The van der Waals surface area contributed by atoms with Crippen LogP contribution in [-0.4, -0.2) is 4.98 Å². The van der Waals surface area contributed by atoms with Crippen molar-refractivity contribution in [1.82, 2.24) is 4.98 Å². The average Bonchev–Trinajstić information content (AvgIpc) is 2.84. The predicted molar refractivity (Wildman–Crippen MR) is 58.0 cm³/mol. The van der Waals surface area contributed by atoms with E-state index in [0.717, 1.165) is 0 Å². The molecule has 0 aromatic carbocycles. The Balaban J connectivity index is 1.71. The van der Waals surface area contributed by atoms with Gasteiger partial charge in [0.2, 0.25) is 0 Å². The summed E-state index contributed by atoms with van der Waals surface area (Å²) in [5, 5.41) is 2.20. The summed E-state index contributed by atoms with van der Waals surface area (Å²) in [6, 6.07) is 0. The Morgan fingerprint density at radius 2 is 1.53 bits per heavy atom. The molecule has 76 valence electrons. The maximum Gasteiger partial charge on any atom is 0.101 e. The molecule has 0 radical (unpaired) electrons. The second-order valence-corrected chi connectivity index (χ2v) is 5.29. The summed E-state index contributed by atoms with van der Waals surface area (Å²) < 4.78 is 0. The Labute approximate surface area is 89.1 Å². The van der Waals surface area contributed by atoms with E-state index >= 15 is 0 Å². The van der Waals surface area contributed by atoms with E-state index in [0.29, 0.717) is 5.41 Å². The molecule has 1 saturated carbocycles. The molecule has 1 fully saturated rings. The van der Waals surface area contributed by atoms with Crippen molar-refractivity contribution >= 4 is 0 Å². The van der Waals surface area contributed by atoms with E-state index in [2.05, 4.69) is 35.1 Å². The summed E-state index contributed by atoms with van der Waals surface area (Å²) in [4.78, 5) is 3.22. The van der Waals surface area contributed by atoms with E-state index in [9.17, 15) is 0 Å². The fourth-order valence-electron chi connectivity index (χ4n) is 3.59. The van der Waals surface area contributed by atoms with Crippen LogP contribution in [0.15, 0.2) is 35.9 Å². The molecular weight excluding hydrogens is 184 g/mol. The van der Waals surface area contributed by atoms with Gasteiger partial charge in [-0.2, -0.15) is 0 Å². The molecule has 2 heteroatoms. The largest absolute Gasteiger partial charge is 0.367 e. The van der Waals surface area contributed by atoms with E-state index in [-0.39, 0.29) is 0 Å². The Morgan fingerprint density at radius 3 is 2.13 bits per heavy atom. The van der Waals surface area contributed by atoms with Crippen LogP contribution in [0.25, 0.3) is 0 Å². The number of hydrogen-bond donors (Lipinski definition) is 2. The highest BCUT2D eigenvalue weighted by Gasteiger charge is 2.45. The third-order valence-corrected chi connectivity index (χ3v) is 4.20. The Hall–Kier alpha value is -1.28. The van der Waals surface area contributed by atoms with Crippen molar-refractivity contribution < 1.29 is 5.32 Å². The second-order valence-electron chi connectivity index (χ2n) is 5.29. The first-order valence-corrected chi connectivity index (χ1v) is 5.73. The van der Waals surface area contributed by atoms with Crippen LogP contribution in [0.3, 0.4) is 0 Å². The van der Waals surface area contributed by atoms with Crippen molar-refractivity contribution in [2.24, 2.45) is 5.41 Å². The first-order valence-electron chi connectivity index (χ1n) is 5.73. The average molecular weight is 199 g/mol. The van der Waals surface area contributed by atoms with E-state index < -0.39 is 0 Å². The molecule has 1 spiro atoms. The third kappa shape index (κ3) is 0.975. The van der Waals surface area contributed by atoms with E-state index in [4.69, 9.17) is 0 Å². The number of nitrogens with one attached hydrogen (secondary N) is 1. The van der Waals surface area contributed by atoms with Gasteiger partial charge in [-0.15, -0.1) is 0 Å². The quantitative estimate of drug-likeness (QED) is 0.630. The summed E-state index contributed by atoms with van der Waals surface area (Å²) in [6.45, 7) is 0. The molecule has 0 atom stereocenters. The minimum absolute atomic E-state index is 0.547. The number of hydrogen-bond acceptors (Lipinski definition) is 0. The first-order chi connectivity index (χ1) is 7.35. The summed E-state index contributed by atoms with van der Waals surface area (Å²) in [6.07, 6.45) is 14.1. The van der Waals surface area contributed by atoms with Gasteiger partial charge in [-0.05, 0) is 42.2 Å². The Morgan fingerprint density at radius 1 is 0.933 bits per heavy atom. The summed E-state index contributed by atoms with van der Waals surface area (Å²) in [5.74, 6) is 0. The van der Waals surface area contributed by atoms with E-state index in [1.54, 1.807) is 22.3 Å². The molecule has 2 nitrogen and oxygen atoms in total. The SMILES string of the molecule is C1=C2CC3(CC2=C[NH2+]1)Cc1c[nH]cc1C3. The van der Waals surface area contributed by atoms with Crippen LogP contribution >= 0.6 is 0 Å². The van der Waals surface area contributed by atoms with Gasteiger partial charge in [0.1, 0.15) is 12.4 Å². The van der Waals surface area contributed by atoms with E-state index in [1.165, 1.54) is 25.7 Å². The van der Waals surface area contributed by atoms with Gasteiger partial charge in [0, 0.05) is 23.5 Å². The molecule has 0 saturated heterocycles. The zero-order chi connectivity index (χ0) is 9.88. The van der Waals surface area contributed by atoms with Crippen LogP contribution in [0.4, 0.5) is 0 Å². The highest BCUT2D eigenvalue weighted by atomic mass is 14.8. The van der Waals surface area contributed by atoms with E-state index in [1.807, 2.05) is 0 Å². The van der Waals surface area contributed by atoms with Gasteiger partial charge in [-0.3, -0.25) is 5.32 Å². The molecule has 1 aromatic rings. The standard InChI is InChI=1S/C13H14N2/c1-9-5-14-6-10(9)2-13(1)3-11-7-15-8-12(11)4-13/h5-8,14-15H,1-4H2/p+1. The number of allylic oxidation sites excluding steroid dienone is 2. The van der Waals surface area contributed by atoms with Gasteiger partial charge in [0.15, 0.2) is 0 Å². The molecule has 1 aliphatic heterocycles.